The first-order valence-electron chi connectivity index (χ1n) is 19.2. The van der Waals surface area contributed by atoms with E-state index in [0.29, 0.717) is 17.6 Å². The van der Waals surface area contributed by atoms with Crippen LogP contribution in [0, 0.1) is 0 Å². The van der Waals surface area contributed by atoms with E-state index < -0.39 is 19.9 Å². The van der Waals surface area contributed by atoms with Gasteiger partial charge in [0.15, 0.2) is 0 Å². The zero-order chi connectivity index (χ0) is 37.0. The Kier molecular flexibility index (Phi) is 32.6. The highest BCUT2D eigenvalue weighted by molar-refractivity contribution is 7.47. The number of allylic oxidation sites excluding steroid dienone is 11. The van der Waals surface area contributed by atoms with E-state index in [1.54, 1.807) is 6.08 Å². The lowest BCUT2D eigenvalue weighted by Gasteiger charge is -2.24. The molecule has 0 heterocycles. The molecule has 0 radical (unpaired) electrons. The fraction of sp³-hybridized carbons (Fsp3) is 0.683. The van der Waals surface area contributed by atoms with Crippen LogP contribution in [0.15, 0.2) is 72.9 Å². The summed E-state index contributed by atoms with van der Waals surface area (Å²) in [6.07, 6.45) is 42.5. The normalized spacial score (nSPS) is 14.8. The number of ether oxygens (including phenoxy) is 2. The lowest BCUT2D eigenvalue weighted by Crippen LogP contribution is -2.37. The number of unbranched alkanes of at least 4 members (excludes halogenated alkanes) is 9. The Balaban J connectivity index is 4.49. The summed E-state index contributed by atoms with van der Waals surface area (Å²) < 4.78 is 34.7. The first-order valence-corrected chi connectivity index (χ1v) is 20.7. The molecule has 0 saturated heterocycles. The molecule has 0 bridgehead atoms. The molecule has 0 aromatic heterocycles. The smallest absolute Gasteiger partial charge is 0.457 e. The van der Waals surface area contributed by atoms with E-state index in [9.17, 15) is 14.3 Å². The van der Waals surface area contributed by atoms with Gasteiger partial charge in [0.1, 0.15) is 19.3 Å². The lowest BCUT2D eigenvalue weighted by atomic mass is 10.1. The van der Waals surface area contributed by atoms with E-state index in [1.807, 2.05) is 27.2 Å². The molecule has 0 aromatic rings. The summed E-state index contributed by atoms with van der Waals surface area (Å²) in [7, 11) is 1.59. The van der Waals surface area contributed by atoms with Crippen molar-refractivity contribution in [2.75, 3.05) is 54.1 Å². The van der Waals surface area contributed by atoms with Crippen LogP contribution in [0.5, 0.6) is 0 Å². The maximum absolute atomic E-state index is 12.6. The van der Waals surface area contributed by atoms with Crippen LogP contribution in [-0.2, 0) is 27.9 Å². The summed E-state index contributed by atoms with van der Waals surface area (Å²) in [5.41, 5.74) is 0. The van der Waals surface area contributed by atoms with Crippen LogP contribution >= 0.6 is 7.82 Å². The zero-order valence-corrected chi connectivity index (χ0v) is 33.2. The van der Waals surface area contributed by atoms with Gasteiger partial charge in [-0.15, -0.1) is 0 Å². The monoisotopic (exact) mass is 723 g/mol. The molecule has 0 aliphatic heterocycles. The van der Waals surface area contributed by atoms with Crippen molar-refractivity contribution in [2.45, 2.75) is 129 Å². The molecule has 0 amide bonds. The predicted molar refractivity (Wildman–Crippen MR) is 210 cm³/mol. The third-order valence-electron chi connectivity index (χ3n) is 7.53. The van der Waals surface area contributed by atoms with E-state index >= 15 is 0 Å². The third-order valence-corrected chi connectivity index (χ3v) is 8.52. The summed E-state index contributed by atoms with van der Waals surface area (Å²) in [6.45, 7) is 5.30. The van der Waals surface area contributed by atoms with Gasteiger partial charge in [-0.05, 0) is 64.2 Å². The molecule has 0 fully saturated rings. The fourth-order valence-corrected chi connectivity index (χ4v) is 5.30. The summed E-state index contributed by atoms with van der Waals surface area (Å²) in [4.78, 5) is 22.7. The minimum absolute atomic E-state index is 0.0675. The van der Waals surface area contributed by atoms with Crippen molar-refractivity contribution in [3.63, 3.8) is 0 Å². The summed E-state index contributed by atoms with van der Waals surface area (Å²) in [5, 5.41) is 0. The summed E-state index contributed by atoms with van der Waals surface area (Å²) >= 11 is 0. The molecule has 8 nitrogen and oxygen atoms in total. The van der Waals surface area contributed by atoms with Crippen LogP contribution in [0.1, 0.15) is 123 Å². The van der Waals surface area contributed by atoms with Crippen LogP contribution in [0.25, 0.3) is 0 Å². The minimum atomic E-state index is -4.30. The van der Waals surface area contributed by atoms with Gasteiger partial charge < -0.3 is 18.9 Å². The Morgan fingerprint density at radius 1 is 0.640 bits per heavy atom. The number of likely N-dealkylation sites (N-methyl/N-ethyl adjacent to an activating group) is 1. The van der Waals surface area contributed by atoms with Crippen LogP contribution in [0.4, 0.5) is 0 Å². The number of nitrogens with zero attached hydrogens (tertiary/aromatic N) is 1. The number of esters is 1. The minimum Gasteiger partial charge on any atom is -0.457 e. The number of hydrogen-bond donors (Lipinski definition) is 1. The van der Waals surface area contributed by atoms with Crippen molar-refractivity contribution < 1.29 is 37.3 Å². The van der Waals surface area contributed by atoms with Crippen LogP contribution in [-0.4, -0.2) is 75.6 Å². The van der Waals surface area contributed by atoms with Crippen molar-refractivity contribution in [2.24, 2.45) is 0 Å². The van der Waals surface area contributed by atoms with Gasteiger partial charge >= 0.3 is 13.8 Å². The second kappa shape index (κ2) is 34.0. The summed E-state index contributed by atoms with van der Waals surface area (Å²) in [5.74, 6) is -0.446. The van der Waals surface area contributed by atoms with Gasteiger partial charge in [-0.1, -0.05) is 125 Å². The van der Waals surface area contributed by atoms with Gasteiger partial charge in [0.05, 0.1) is 40.8 Å². The molecule has 1 N–H and O–H groups in total. The highest BCUT2D eigenvalue weighted by Gasteiger charge is 2.26. The molecule has 0 aliphatic carbocycles. The topological polar surface area (TPSA) is 91.3 Å². The largest absolute Gasteiger partial charge is 0.472 e. The molecular formula is C41H73NO7P+. The Morgan fingerprint density at radius 3 is 1.72 bits per heavy atom. The Morgan fingerprint density at radius 2 is 1.16 bits per heavy atom. The number of phosphoric ester groups is 1. The molecule has 2 atom stereocenters. The first-order chi connectivity index (χ1) is 24.1. The molecule has 0 spiro atoms. The molecular weight excluding hydrogens is 649 g/mol. The zero-order valence-electron chi connectivity index (χ0n) is 32.4. The van der Waals surface area contributed by atoms with Gasteiger partial charge in [0.25, 0.3) is 0 Å². The van der Waals surface area contributed by atoms with Gasteiger partial charge in [0, 0.05) is 6.61 Å². The predicted octanol–water partition coefficient (Wildman–Crippen LogP) is 10.8. The van der Waals surface area contributed by atoms with E-state index in [4.69, 9.17) is 18.5 Å². The van der Waals surface area contributed by atoms with Crippen molar-refractivity contribution >= 4 is 13.8 Å². The average molecular weight is 723 g/mol. The maximum atomic E-state index is 12.6. The highest BCUT2D eigenvalue weighted by atomic mass is 31.2. The van der Waals surface area contributed by atoms with E-state index in [1.165, 1.54) is 51.4 Å². The molecule has 0 rings (SSSR count). The highest BCUT2D eigenvalue weighted by Crippen LogP contribution is 2.43. The summed E-state index contributed by atoms with van der Waals surface area (Å²) in [6, 6.07) is 0. The first kappa shape index (κ1) is 47.9. The van der Waals surface area contributed by atoms with E-state index in [0.717, 1.165) is 51.4 Å². The number of quaternary nitrogens is 1. The average Bonchev–Trinajstić information content (AvgIpc) is 3.06. The Hall–Kier alpha value is -2.06. The standard InChI is InChI=1S/C41H72NO7P/c1-6-8-10-12-14-16-18-20-21-22-24-26-28-30-32-34-41(43)49-40(39-48-50(44,45)47-37-35-42(3,4)5)38-46-36-33-31-29-27-25-23-19-17-15-13-11-9-7-2/h8,10,14-17,20-21,24,26,30,32,40H,6-7,9,11-13,18-19,22-23,25,27-29,31,33-39H2,1-5H3/p+1/b10-8-,16-14-,17-15-,21-20-,26-24-,32-30-. The van der Waals surface area contributed by atoms with Crippen molar-refractivity contribution in [1.82, 2.24) is 0 Å². The van der Waals surface area contributed by atoms with Gasteiger partial charge in [-0.3, -0.25) is 13.8 Å². The Bertz CT molecular complexity index is 1030. The van der Waals surface area contributed by atoms with Gasteiger partial charge in [-0.2, -0.15) is 0 Å². The van der Waals surface area contributed by atoms with Gasteiger partial charge in [0.2, 0.25) is 0 Å². The number of rotatable bonds is 34. The molecule has 0 aromatic carbocycles. The molecule has 0 aliphatic rings. The maximum Gasteiger partial charge on any atom is 0.472 e. The Labute approximate surface area is 306 Å². The van der Waals surface area contributed by atoms with Crippen LogP contribution < -0.4 is 0 Å². The van der Waals surface area contributed by atoms with Gasteiger partial charge in [-0.25, -0.2) is 4.57 Å². The number of hydrogen-bond acceptors (Lipinski definition) is 6. The molecule has 288 valence electrons. The molecule has 9 heteroatoms. The van der Waals surface area contributed by atoms with Crippen LogP contribution in [0.3, 0.4) is 0 Å². The number of carbonyl (C=O) groups excluding carboxylic acids is 1. The molecule has 2 unspecified atom stereocenters. The van der Waals surface area contributed by atoms with Crippen molar-refractivity contribution in [1.29, 1.82) is 0 Å². The quantitative estimate of drug-likeness (QED) is 0.0232. The molecule has 50 heavy (non-hydrogen) atoms. The fourth-order valence-electron chi connectivity index (χ4n) is 4.56. The SMILES string of the molecule is CC/C=C\C/C=C\C/C=C\C/C=C\C/C=C\CC(=O)OC(COCCCCCCCC/C=C\CCCCC)COP(=O)(O)OCC[N+](C)(C)C. The van der Waals surface area contributed by atoms with E-state index in [2.05, 4.69) is 74.6 Å². The second-order valence-electron chi connectivity index (χ2n) is 13.6. The van der Waals surface area contributed by atoms with E-state index in [-0.39, 0.29) is 26.2 Å². The number of carbonyl (C=O) groups is 1. The van der Waals surface area contributed by atoms with Crippen LogP contribution in [0.2, 0.25) is 0 Å². The van der Waals surface area contributed by atoms with Crippen molar-refractivity contribution in [3.05, 3.63) is 72.9 Å². The lowest BCUT2D eigenvalue weighted by molar-refractivity contribution is -0.870. The van der Waals surface area contributed by atoms with Crippen molar-refractivity contribution in [3.8, 4) is 0 Å². The molecule has 0 saturated carbocycles. The second-order valence-corrected chi connectivity index (χ2v) is 15.0. The number of phosphoric acid groups is 1. The third kappa shape index (κ3) is 37.2.